The molecular weight excluding hydrogens is 513 g/mol. The maximum absolute atomic E-state index is 9.58. The van der Waals surface area contributed by atoms with Crippen LogP contribution < -0.4 is 15.9 Å². The van der Waals surface area contributed by atoms with E-state index in [1.54, 1.807) is 0 Å². The van der Waals surface area contributed by atoms with Crippen molar-refractivity contribution < 1.29 is 35.6 Å². The molecule has 0 saturated heterocycles. The van der Waals surface area contributed by atoms with E-state index in [2.05, 4.69) is 91.0 Å². The molecule has 0 unspecified atom stereocenters. The predicted molar refractivity (Wildman–Crippen MR) is 93.1 cm³/mol. The summed E-state index contributed by atoms with van der Waals surface area (Å²) in [5, 5.41) is 4.31. The van der Waals surface area contributed by atoms with Gasteiger partial charge in [0.1, 0.15) is 15.9 Å². The van der Waals surface area contributed by atoms with Crippen LogP contribution in [0.5, 0.6) is 0 Å². The monoisotopic (exact) mass is 529 g/mol. The van der Waals surface area contributed by atoms with E-state index >= 15 is 0 Å². The molecule has 0 aliphatic rings. The van der Waals surface area contributed by atoms with Crippen LogP contribution in [0.25, 0.3) is 0 Å². The molecular formula is C19H16AuF3P+. The fourth-order valence-electron chi connectivity index (χ4n) is 2.31. The molecule has 0 amide bonds. The zero-order chi connectivity index (χ0) is 16.5. The molecule has 3 aromatic rings. The Kier molecular flexibility index (Phi) is 9.66. The Hall–Kier alpha value is -1.38. The topological polar surface area (TPSA) is 0 Å². The van der Waals surface area contributed by atoms with Gasteiger partial charge in [-0.3, -0.25) is 0 Å². The zero-order valence-electron chi connectivity index (χ0n) is 12.6. The summed E-state index contributed by atoms with van der Waals surface area (Å²) in [6.07, 6.45) is 0. The van der Waals surface area contributed by atoms with Gasteiger partial charge < -0.3 is 13.2 Å². The van der Waals surface area contributed by atoms with Crippen molar-refractivity contribution in [3.05, 3.63) is 97.7 Å². The molecule has 0 nitrogen and oxygen atoms in total. The van der Waals surface area contributed by atoms with Crippen LogP contribution in [-0.2, 0) is 22.4 Å². The predicted octanol–water partition coefficient (Wildman–Crippen LogP) is 4.52. The number of halogens is 3. The number of hydrogen-bond acceptors (Lipinski definition) is 0. The molecule has 0 bridgehead atoms. The van der Waals surface area contributed by atoms with E-state index in [4.69, 9.17) is 0 Å². The van der Waals surface area contributed by atoms with Crippen molar-refractivity contribution in [2.24, 2.45) is 0 Å². The van der Waals surface area contributed by atoms with Gasteiger partial charge in [-0.1, -0.05) is 54.6 Å². The van der Waals surface area contributed by atoms with E-state index in [0.29, 0.717) is 0 Å². The normalized spacial score (nSPS) is 9.88. The minimum Gasteiger partial charge on any atom is -0.385 e. The van der Waals surface area contributed by atoms with Crippen LogP contribution in [0.3, 0.4) is 0 Å². The Morgan fingerprint density at radius 1 is 0.500 bits per heavy atom. The Morgan fingerprint density at radius 2 is 0.708 bits per heavy atom. The van der Waals surface area contributed by atoms with Gasteiger partial charge in [0.25, 0.3) is 0 Å². The summed E-state index contributed by atoms with van der Waals surface area (Å²) < 4.78 is 28.8. The smallest absolute Gasteiger partial charge is 0.385 e. The van der Waals surface area contributed by atoms with Crippen molar-refractivity contribution in [2.45, 2.75) is 0 Å². The van der Waals surface area contributed by atoms with E-state index in [1.807, 2.05) is 0 Å². The van der Waals surface area contributed by atoms with Gasteiger partial charge in [-0.25, -0.2) is 0 Å². The maximum Gasteiger partial charge on any atom is 1.00 e. The average Bonchev–Trinajstić information content (AvgIpc) is 2.58. The summed E-state index contributed by atoms with van der Waals surface area (Å²) in [5.74, 6) is 0. The van der Waals surface area contributed by atoms with Gasteiger partial charge in [0.05, 0.1) is 7.92 Å². The third-order valence-electron chi connectivity index (χ3n) is 3.19. The van der Waals surface area contributed by atoms with Gasteiger partial charge in [0.2, 0.25) is 0 Å². The van der Waals surface area contributed by atoms with Crippen LogP contribution in [-0.4, -0.2) is 0 Å². The second kappa shape index (κ2) is 11.2. The van der Waals surface area contributed by atoms with Crippen LogP contribution in [0.15, 0.2) is 91.0 Å². The summed E-state index contributed by atoms with van der Waals surface area (Å²) in [6.45, 7) is -3.08. The first-order valence-electron chi connectivity index (χ1n) is 7.05. The largest absolute Gasteiger partial charge is 1.00 e. The third kappa shape index (κ3) is 6.62. The second-order valence-corrected chi connectivity index (χ2v) is 7.17. The molecule has 0 spiro atoms. The molecule has 0 N–H and O–H groups in total. The summed E-state index contributed by atoms with van der Waals surface area (Å²) in [5.41, 5.74) is 0. The summed E-state index contributed by atoms with van der Waals surface area (Å²) in [4.78, 5) is 0. The van der Waals surface area contributed by atoms with E-state index in [9.17, 15) is 13.2 Å². The maximum atomic E-state index is 9.58. The van der Waals surface area contributed by atoms with E-state index in [0.717, 1.165) is 0 Å². The molecule has 24 heavy (non-hydrogen) atoms. The molecule has 0 fully saturated rings. The molecule has 3 rings (SSSR count). The minimum atomic E-state index is -3.08. The van der Waals surface area contributed by atoms with Gasteiger partial charge in [0.15, 0.2) is 6.68 Å². The van der Waals surface area contributed by atoms with Gasteiger partial charge in [0, 0.05) is 0 Å². The Balaban J connectivity index is 0.000000522. The van der Waals surface area contributed by atoms with Crippen molar-refractivity contribution >= 4 is 23.8 Å². The van der Waals surface area contributed by atoms with Crippen molar-refractivity contribution in [1.82, 2.24) is 0 Å². The van der Waals surface area contributed by atoms with Crippen LogP contribution in [0.1, 0.15) is 0 Å². The Bertz CT molecular complexity index is 582. The van der Waals surface area contributed by atoms with Crippen LogP contribution >= 0.6 is 7.92 Å². The van der Waals surface area contributed by atoms with Crippen LogP contribution in [0, 0.1) is 6.68 Å². The standard InChI is InChI=1S/C18H15P.CF3.Au/c1-4-10-16(11-5-1)19(17-12-6-2-7-13-17)18-14-8-3-9-15-18;2-1(3)4;/h1-15H;;/q;-1;+1/p+1. The number of benzene rings is 3. The summed E-state index contributed by atoms with van der Waals surface area (Å²) >= 11 is 0. The first-order chi connectivity index (χ1) is 11.2. The van der Waals surface area contributed by atoms with E-state index < -0.39 is 14.6 Å². The van der Waals surface area contributed by atoms with Crippen LogP contribution in [0.2, 0.25) is 0 Å². The summed E-state index contributed by atoms with van der Waals surface area (Å²) in [7, 11) is -0.877. The van der Waals surface area contributed by atoms with E-state index in [1.165, 1.54) is 15.9 Å². The summed E-state index contributed by atoms with van der Waals surface area (Å²) in [6, 6.07) is 32.5. The molecule has 0 heterocycles. The molecule has 0 saturated carbocycles. The van der Waals surface area contributed by atoms with E-state index in [-0.39, 0.29) is 22.4 Å². The van der Waals surface area contributed by atoms with Gasteiger partial charge >= 0.3 is 22.4 Å². The van der Waals surface area contributed by atoms with Gasteiger partial charge in [-0.15, -0.1) is 0 Å². The molecule has 0 aromatic heterocycles. The number of hydrogen-bond donors (Lipinski definition) is 0. The Labute approximate surface area is 157 Å². The minimum absolute atomic E-state index is 0. The molecule has 3 aromatic carbocycles. The molecule has 5 heteroatoms. The van der Waals surface area contributed by atoms with Crippen molar-refractivity contribution in [2.75, 3.05) is 0 Å². The first-order valence-corrected chi connectivity index (χ1v) is 8.55. The first kappa shape index (κ1) is 20.7. The van der Waals surface area contributed by atoms with Gasteiger partial charge in [-0.05, 0) is 36.4 Å². The molecule has 0 radical (unpaired) electrons. The van der Waals surface area contributed by atoms with Crippen molar-refractivity contribution in [3.8, 4) is 0 Å². The fraction of sp³-hybridized carbons (Fsp3) is 0. The average molecular weight is 529 g/mol. The second-order valence-electron chi connectivity index (χ2n) is 4.69. The quantitative estimate of drug-likeness (QED) is 0.266. The Morgan fingerprint density at radius 3 is 0.917 bits per heavy atom. The zero-order valence-corrected chi connectivity index (χ0v) is 15.8. The molecule has 0 aliphatic carbocycles. The van der Waals surface area contributed by atoms with Crippen molar-refractivity contribution in [1.29, 1.82) is 0 Å². The molecule has 128 valence electrons. The number of rotatable bonds is 3. The van der Waals surface area contributed by atoms with Crippen molar-refractivity contribution in [3.63, 3.8) is 0 Å². The molecule has 0 aliphatic heterocycles. The third-order valence-corrected chi connectivity index (χ3v) is 5.92. The van der Waals surface area contributed by atoms with Crippen LogP contribution in [0.4, 0.5) is 13.2 Å². The van der Waals surface area contributed by atoms with Gasteiger partial charge in [-0.2, -0.15) is 0 Å². The SMILES string of the molecule is F[C-](F)F.[Au+].c1ccc([PH+](c2ccccc2)c2ccccc2)cc1. The molecule has 0 atom stereocenters. The fourth-order valence-corrected chi connectivity index (χ4v) is 4.89.